The van der Waals surface area contributed by atoms with Crippen LogP contribution in [0.5, 0.6) is 0 Å². The molecule has 0 radical (unpaired) electrons. The van der Waals surface area contributed by atoms with E-state index in [-0.39, 0.29) is 23.8 Å². The Labute approximate surface area is 169 Å². The maximum absolute atomic E-state index is 13.3. The van der Waals surface area contributed by atoms with Crippen molar-refractivity contribution in [2.45, 2.75) is 33.2 Å². The summed E-state index contributed by atoms with van der Waals surface area (Å²) in [5.74, 6) is -0.705. The smallest absolute Gasteiger partial charge is 0.278 e. The van der Waals surface area contributed by atoms with Gasteiger partial charge in [-0.25, -0.2) is 0 Å². The first-order valence-electron chi connectivity index (χ1n) is 9.74. The Bertz CT molecular complexity index is 1040. The number of nitrogens with zero attached hydrogens (tertiary/aromatic N) is 2. The van der Waals surface area contributed by atoms with Gasteiger partial charge in [-0.3, -0.25) is 19.3 Å². The van der Waals surface area contributed by atoms with Crippen molar-refractivity contribution in [3.05, 3.63) is 65.4 Å². The number of carbonyl (C=O) groups is 3. The fraction of sp³-hybridized carbons (Fsp3) is 0.261. The average molecular weight is 389 g/mol. The highest BCUT2D eigenvalue weighted by Crippen LogP contribution is 2.39. The van der Waals surface area contributed by atoms with Crippen molar-refractivity contribution < 1.29 is 14.4 Å². The van der Waals surface area contributed by atoms with Gasteiger partial charge in [-0.15, -0.1) is 0 Å². The predicted molar refractivity (Wildman–Crippen MR) is 112 cm³/mol. The average Bonchev–Trinajstić information content (AvgIpc) is 3.20. The third-order valence-electron chi connectivity index (χ3n) is 5.26. The Morgan fingerprint density at radius 3 is 2.34 bits per heavy atom. The van der Waals surface area contributed by atoms with E-state index in [1.807, 2.05) is 36.9 Å². The second kappa shape index (κ2) is 7.20. The highest BCUT2D eigenvalue weighted by molar-refractivity contribution is 6.37. The summed E-state index contributed by atoms with van der Waals surface area (Å²) in [7, 11) is 0. The number of hydrogen-bond donors (Lipinski definition) is 1. The molecule has 2 heterocycles. The van der Waals surface area contributed by atoms with Crippen LogP contribution in [0.4, 0.5) is 11.4 Å². The highest BCUT2D eigenvalue weighted by atomic mass is 16.2. The number of fused-ring (bicyclic) bond motifs is 1. The topological polar surface area (TPSA) is 69.7 Å². The third kappa shape index (κ3) is 3.20. The molecule has 6 nitrogen and oxygen atoms in total. The van der Waals surface area contributed by atoms with Crippen LogP contribution in [0.25, 0.3) is 5.57 Å². The number of imide groups is 1. The Morgan fingerprint density at radius 2 is 1.69 bits per heavy atom. The Hall–Kier alpha value is -3.41. The van der Waals surface area contributed by atoms with E-state index in [9.17, 15) is 14.4 Å². The lowest BCUT2D eigenvalue weighted by molar-refractivity contribution is -0.138. The summed E-state index contributed by atoms with van der Waals surface area (Å²) < 4.78 is 0. The molecule has 0 unspecified atom stereocenters. The van der Waals surface area contributed by atoms with E-state index in [1.165, 1.54) is 17.4 Å². The first kappa shape index (κ1) is 18.9. The third-order valence-corrected chi connectivity index (χ3v) is 5.26. The minimum Gasteiger partial charge on any atom is -0.336 e. The molecule has 4 rings (SSSR count). The number of anilines is 2. The normalized spacial score (nSPS) is 16.1. The lowest BCUT2D eigenvalue weighted by atomic mass is 10.0. The van der Waals surface area contributed by atoms with E-state index in [2.05, 4.69) is 11.4 Å². The summed E-state index contributed by atoms with van der Waals surface area (Å²) in [6.45, 7) is 5.79. The van der Waals surface area contributed by atoms with Crippen molar-refractivity contribution in [3.63, 3.8) is 0 Å². The predicted octanol–water partition coefficient (Wildman–Crippen LogP) is 3.20. The molecule has 29 heavy (non-hydrogen) atoms. The van der Waals surface area contributed by atoms with Crippen LogP contribution in [0, 0.1) is 0 Å². The zero-order chi connectivity index (χ0) is 20.7. The molecule has 0 saturated heterocycles. The van der Waals surface area contributed by atoms with Gasteiger partial charge < -0.3 is 10.2 Å². The molecular formula is C23H23N3O3. The minimum absolute atomic E-state index is 0.163. The fourth-order valence-electron chi connectivity index (χ4n) is 4.01. The van der Waals surface area contributed by atoms with Gasteiger partial charge in [0.15, 0.2) is 0 Å². The highest BCUT2D eigenvalue weighted by Gasteiger charge is 2.44. The lowest BCUT2D eigenvalue weighted by Gasteiger charge is -2.23. The van der Waals surface area contributed by atoms with Crippen LogP contribution in [-0.4, -0.2) is 35.2 Å². The monoisotopic (exact) mass is 389 g/mol. The molecule has 1 N–H and O–H groups in total. The van der Waals surface area contributed by atoms with Crippen molar-refractivity contribution in [2.75, 3.05) is 16.8 Å². The first-order valence-corrected chi connectivity index (χ1v) is 9.74. The van der Waals surface area contributed by atoms with Gasteiger partial charge in [0.25, 0.3) is 11.8 Å². The second-order valence-corrected chi connectivity index (χ2v) is 7.59. The number of nitrogens with one attached hydrogen (secondary N) is 1. The van der Waals surface area contributed by atoms with Crippen LogP contribution in [0.2, 0.25) is 0 Å². The van der Waals surface area contributed by atoms with Crippen molar-refractivity contribution in [2.24, 2.45) is 0 Å². The number of rotatable bonds is 4. The number of amides is 3. The Kier molecular flexibility index (Phi) is 4.70. The van der Waals surface area contributed by atoms with Gasteiger partial charge in [-0.2, -0.15) is 0 Å². The molecule has 0 fully saturated rings. The summed E-state index contributed by atoms with van der Waals surface area (Å²) in [6.07, 6.45) is 0.831. The van der Waals surface area contributed by atoms with Gasteiger partial charge in [-0.05, 0) is 49.6 Å². The van der Waals surface area contributed by atoms with Gasteiger partial charge in [-0.1, -0.05) is 30.3 Å². The van der Waals surface area contributed by atoms with Crippen molar-refractivity contribution >= 4 is 34.7 Å². The van der Waals surface area contributed by atoms with Gasteiger partial charge in [0.1, 0.15) is 5.70 Å². The van der Waals surface area contributed by atoms with Crippen molar-refractivity contribution in [1.82, 2.24) is 4.90 Å². The van der Waals surface area contributed by atoms with Crippen LogP contribution in [0.1, 0.15) is 31.9 Å². The number of benzene rings is 2. The first-order chi connectivity index (χ1) is 13.9. The minimum atomic E-state index is -0.281. The lowest BCUT2D eigenvalue weighted by Crippen LogP contribution is -2.39. The second-order valence-electron chi connectivity index (χ2n) is 7.59. The van der Waals surface area contributed by atoms with Crippen molar-refractivity contribution in [1.29, 1.82) is 0 Å². The zero-order valence-corrected chi connectivity index (χ0v) is 16.7. The largest absolute Gasteiger partial charge is 0.336 e. The van der Waals surface area contributed by atoms with Crippen LogP contribution in [0.15, 0.2) is 54.2 Å². The number of hydrogen-bond acceptors (Lipinski definition) is 4. The van der Waals surface area contributed by atoms with E-state index >= 15 is 0 Å². The van der Waals surface area contributed by atoms with Crippen LogP contribution < -0.4 is 10.2 Å². The molecule has 2 aromatic carbocycles. The summed E-state index contributed by atoms with van der Waals surface area (Å²) >= 11 is 0. The maximum atomic E-state index is 13.3. The van der Waals surface area contributed by atoms with Gasteiger partial charge in [0.05, 0.1) is 5.57 Å². The molecule has 0 aliphatic carbocycles. The van der Waals surface area contributed by atoms with E-state index in [4.69, 9.17) is 0 Å². The molecule has 0 bridgehead atoms. The fourth-order valence-corrected chi connectivity index (χ4v) is 4.01. The maximum Gasteiger partial charge on any atom is 0.278 e. The zero-order valence-electron chi connectivity index (χ0n) is 16.7. The van der Waals surface area contributed by atoms with Crippen molar-refractivity contribution in [3.8, 4) is 0 Å². The summed E-state index contributed by atoms with van der Waals surface area (Å²) in [4.78, 5) is 41.1. The molecule has 0 aromatic heterocycles. The van der Waals surface area contributed by atoms with Crippen LogP contribution in [0.3, 0.4) is 0 Å². The number of para-hydroxylation sites is 1. The molecular weight excluding hydrogens is 366 g/mol. The molecule has 0 atom stereocenters. The summed E-state index contributed by atoms with van der Waals surface area (Å²) in [6, 6.07) is 14.8. The molecule has 2 aromatic rings. The molecule has 2 aliphatic rings. The summed E-state index contributed by atoms with van der Waals surface area (Å²) in [5, 5.41) is 2.72. The SMILES string of the molecule is CC(=O)Nc1ccc(C2=C(N3CCc4ccccc43)C(=O)N(C(C)C)C2=O)cc1. The van der Waals surface area contributed by atoms with Crippen LogP contribution in [-0.2, 0) is 20.8 Å². The van der Waals surface area contributed by atoms with Gasteiger partial charge >= 0.3 is 0 Å². The Balaban J connectivity index is 1.83. The Morgan fingerprint density at radius 1 is 1.00 bits per heavy atom. The van der Waals surface area contributed by atoms with Crippen LogP contribution >= 0.6 is 0 Å². The van der Waals surface area contributed by atoms with E-state index in [0.29, 0.717) is 29.1 Å². The molecule has 2 aliphatic heterocycles. The van der Waals surface area contributed by atoms with E-state index in [0.717, 1.165) is 12.1 Å². The molecule has 0 spiro atoms. The van der Waals surface area contributed by atoms with E-state index in [1.54, 1.807) is 24.3 Å². The summed E-state index contributed by atoms with van der Waals surface area (Å²) in [5.41, 5.74) is 4.30. The molecule has 0 saturated carbocycles. The standard InChI is InChI=1S/C23H23N3O3/c1-14(2)26-22(28)20(17-8-10-18(11-9-17)24-15(3)27)21(23(26)29)25-13-12-16-6-4-5-7-19(16)25/h4-11,14H,12-13H2,1-3H3,(H,24,27). The molecule has 148 valence electrons. The quantitative estimate of drug-likeness (QED) is 0.816. The van der Waals surface area contributed by atoms with Gasteiger partial charge in [0.2, 0.25) is 5.91 Å². The molecule has 6 heteroatoms. The number of carbonyl (C=O) groups excluding carboxylic acids is 3. The molecule has 3 amide bonds. The van der Waals surface area contributed by atoms with E-state index < -0.39 is 0 Å². The van der Waals surface area contributed by atoms with Gasteiger partial charge in [0, 0.05) is 30.9 Å².